The largest absolute Gasteiger partial charge is 0.337 e. The molecule has 0 radical (unpaired) electrons. The van der Waals surface area contributed by atoms with Gasteiger partial charge in [-0.3, -0.25) is 9.78 Å². The van der Waals surface area contributed by atoms with Crippen LogP contribution in [0.3, 0.4) is 0 Å². The van der Waals surface area contributed by atoms with Gasteiger partial charge in [-0.2, -0.15) is 0 Å². The Kier molecular flexibility index (Phi) is 7.22. The normalized spacial score (nSPS) is 13.1. The number of carbonyl (C=O) groups is 1. The maximum Gasteiger partial charge on any atom is 0.273 e. The van der Waals surface area contributed by atoms with Crippen LogP contribution in [0.15, 0.2) is 97.3 Å². The zero-order chi connectivity index (χ0) is 24.9. The van der Waals surface area contributed by atoms with Crippen LogP contribution in [0.4, 0.5) is 8.78 Å². The zero-order valence-electron chi connectivity index (χ0n) is 19.1. The van der Waals surface area contributed by atoms with Crippen LogP contribution in [0, 0.1) is 0 Å². The topological polar surface area (TPSA) is 54.9 Å². The highest BCUT2D eigenvalue weighted by Gasteiger charge is 2.39. The number of hydrogen-bond acceptors (Lipinski definition) is 3. The van der Waals surface area contributed by atoms with Gasteiger partial charge in [0, 0.05) is 36.4 Å². The Bertz CT molecular complexity index is 1300. The summed E-state index contributed by atoms with van der Waals surface area (Å²) in [5, 5.41) is 3.29. The van der Waals surface area contributed by atoms with Gasteiger partial charge in [0.15, 0.2) is 0 Å². The van der Waals surface area contributed by atoms with Crippen LogP contribution in [-0.4, -0.2) is 15.9 Å². The van der Waals surface area contributed by atoms with Gasteiger partial charge >= 0.3 is 0 Å². The number of nitrogens with zero attached hydrogens (tertiary/aromatic N) is 2. The molecular formula is C28H24ClF2N3O. The molecule has 0 aliphatic heterocycles. The van der Waals surface area contributed by atoms with Crippen LogP contribution >= 0.6 is 11.6 Å². The number of pyridine rings is 2. The number of nitrogens with one attached hydrogen (secondary N) is 1. The van der Waals surface area contributed by atoms with E-state index in [1.807, 2.05) is 36.4 Å². The number of alkyl halides is 2. The van der Waals surface area contributed by atoms with Crippen LogP contribution in [0.1, 0.15) is 46.1 Å². The lowest BCUT2D eigenvalue weighted by atomic mass is 9.79. The predicted molar refractivity (Wildman–Crippen MR) is 133 cm³/mol. The van der Waals surface area contributed by atoms with Crippen LogP contribution < -0.4 is 5.32 Å². The van der Waals surface area contributed by atoms with E-state index >= 15 is 0 Å². The first-order chi connectivity index (χ1) is 16.8. The molecule has 2 aromatic heterocycles. The molecule has 2 heterocycles. The average molecular weight is 492 g/mol. The second-order valence-corrected chi connectivity index (χ2v) is 8.63. The van der Waals surface area contributed by atoms with Crippen molar-refractivity contribution in [2.45, 2.75) is 31.2 Å². The summed E-state index contributed by atoms with van der Waals surface area (Å²) in [4.78, 5) is 22.0. The van der Waals surface area contributed by atoms with Crippen LogP contribution in [-0.2, 0) is 17.9 Å². The summed E-state index contributed by atoms with van der Waals surface area (Å²) in [5.41, 5.74) is 0.864. The lowest BCUT2D eigenvalue weighted by Gasteiger charge is -2.36. The first-order valence-electron chi connectivity index (χ1n) is 11.2. The fourth-order valence-electron chi connectivity index (χ4n) is 4.06. The van der Waals surface area contributed by atoms with Gasteiger partial charge in [0.25, 0.3) is 11.8 Å². The van der Waals surface area contributed by atoms with Crippen molar-refractivity contribution in [2.75, 3.05) is 0 Å². The Labute approximate surface area is 208 Å². The number of amides is 1. The van der Waals surface area contributed by atoms with Gasteiger partial charge in [-0.05, 0) is 41.5 Å². The molecule has 0 saturated carbocycles. The quantitative estimate of drug-likeness (QED) is 0.284. The third-order valence-corrected chi connectivity index (χ3v) is 6.16. The van der Waals surface area contributed by atoms with Crippen molar-refractivity contribution < 1.29 is 13.6 Å². The van der Waals surface area contributed by atoms with E-state index in [2.05, 4.69) is 15.3 Å². The second-order valence-electron chi connectivity index (χ2n) is 8.24. The third kappa shape index (κ3) is 5.38. The van der Waals surface area contributed by atoms with Gasteiger partial charge < -0.3 is 5.32 Å². The minimum absolute atomic E-state index is 0.118. The Balaban J connectivity index is 1.93. The predicted octanol–water partition coefficient (Wildman–Crippen LogP) is 6.55. The fraction of sp³-hybridized carbons (Fsp3) is 0.179. The lowest BCUT2D eigenvalue weighted by Crippen LogP contribution is -2.49. The van der Waals surface area contributed by atoms with Gasteiger partial charge in [-0.25, -0.2) is 13.8 Å². The summed E-state index contributed by atoms with van der Waals surface area (Å²) in [5.74, 6) is -3.44. The molecule has 4 rings (SSSR count). The Morgan fingerprint density at radius 2 is 1.63 bits per heavy atom. The summed E-state index contributed by atoms with van der Waals surface area (Å²) in [7, 11) is 0. The second kappa shape index (κ2) is 10.3. The molecule has 4 aromatic rings. The molecule has 1 amide bonds. The zero-order valence-corrected chi connectivity index (χ0v) is 19.8. The van der Waals surface area contributed by atoms with E-state index in [4.69, 9.17) is 11.6 Å². The van der Waals surface area contributed by atoms with E-state index in [1.54, 1.807) is 36.5 Å². The molecule has 4 nitrogen and oxygen atoms in total. The van der Waals surface area contributed by atoms with Crippen LogP contribution in [0.2, 0.25) is 5.15 Å². The molecule has 1 atom stereocenters. The lowest BCUT2D eigenvalue weighted by molar-refractivity contribution is -0.00842. The van der Waals surface area contributed by atoms with E-state index in [1.165, 1.54) is 31.3 Å². The van der Waals surface area contributed by atoms with Crippen molar-refractivity contribution in [3.8, 4) is 0 Å². The molecular weight excluding hydrogens is 468 g/mol. The van der Waals surface area contributed by atoms with Gasteiger partial charge in [-0.1, -0.05) is 73.1 Å². The van der Waals surface area contributed by atoms with E-state index < -0.39 is 17.4 Å². The molecule has 0 aliphatic carbocycles. The maximum absolute atomic E-state index is 14.7. The number of carbonyl (C=O) groups excluding carboxylic acids is 1. The third-order valence-electron chi connectivity index (χ3n) is 5.95. The van der Waals surface area contributed by atoms with Gasteiger partial charge in [0.05, 0.1) is 5.69 Å². The van der Waals surface area contributed by atoms with Crippen molar-refractivity contribution in [1.29, 1.82) is 0 Å². The van der Waals surface area contributed by atoms with Crippen LogP contribution in [0.5, 0.6) is 0 Å². The van der Waals surface area contributed by atoms with Crippen LogP contribution in [0.25, 0.3) is 0 Å². The van der Waals surface area contributed by atoms with Crippen molar-refractivity contribution >= 4 is 17.5 Å². The van der Waals surface area contributed by atoms with Gasteiger partial charge in [0.2, 0.25) is 0 Å². The number of rotatable bonds is 8. The summed E-state index contributed by atoms with van der Waals surface area (Å²) >= 11 is 6.02. The molecule has 0 spiro atoms. The summed E-state index contributed by atoms with van der Waals surface area (Å²) < 4.78 is 29.5. The average Bonchev–Trinajstić information content (AvgIpc) is 2.89. The number of halogens is 3. The molecule has 0 bridgehead atoms. The first kappa shape index (κ1) is 24.5. The fourth-order valence-corrected chi connectivity index (χ4v) is 4.24. The smallest absolute Gasteiger partial charge is 0.273 e. The molecule has 0 fully saturated rings. The number of hydrogen-bond donors (Lipinski definition) is 1. The van der Waals surface area contributed by atoms with Crippen molar-refractivity contribution in [3.05, 3.63) is 130 Å². The molecule has 35 heavy (non-hydrogen) atoms. The summed E-state index contributed by atoms with van der Waals surface area (Å²) in [6.45, 7) is 1.44. The van der Waals surface area contributed by atoms with Crippen molar-refractivity contribution in [1.82, 2.24) is 15.3 Å². The van der Waals surface area contributed by atoms with E-state index in [-0.39, 0.29) is 23.6 Å². The Morgan fingerprint density at radius 1 is 0.886 bits per heavy atom. The molecule has 0 aliphatic rings. The van der Waals surface area contributed by atoms with E-state index in [0.29, 0.717) is 16.8 Å². The van der Waals surface area contributed by atoms with E-state index in [0.717, 1.165) is 5.56 Å². The first-order valence-corrected chi connectivity index (χ1v) is 11.6. The molecule has 1 N–H and O–H groups in total. The highest BCUT2D eigenvalue weighted by atomic mass is 35.5. The standard InChI is InChI=1S/C28H24ClF2N3O/c1-2-28(30,31)23-12-8-11-22(18-23)27(24-13-6-7-15-32-24,19-20-9-4-3-5-10-20)34-26(35)21-14-16-33-25(29)17-21/h3-18H,2,19H2,1H3,(H,34,35). The van der Waals surface area contributed by atoms with E-state index in [9.17, 15) is 13.6 Å². The minimum atomic E-state index is -3.01. The molecule has 7 heteroatoms. The molecule has 178 valence electrons. The minimum Gasteiger partial charge on any atom is -0.337 e. The number of benzene rings is 2. The summed E-state index contributed by atoms with van der Waals surface area (Å²) in [6.07, 6.45) is 3.01. The Hall–Kier alpha value is -3.64. The SMILES string of the molecule is CCC(F)(F)c1cccc(C(Cc2ccccc2)(NC(=O)c2ccnc(Cl)c2)c2ccccn2)c1. The molecule has 0 saturated heterocycles. The Morgan fingerprint density at radius 3 is 2.31 bits per heavy atom. The highest BCUT2D eigenvalue weighted by Crippen LogP contribution is 2.37. The monoisotopic (exact) mass is 491 g/mol. The molecule has 1 unspecified atom stereocenters. The maximum atomic E-state index is 14.7. The van der Waals surface area contributed by atoms with Gasteiger partial charge in [-0.15, -0.1) is 0 Å². The molecule has 2 aromatic carbocycles. The number of aromatic nitrogens is 2. The van der Waals surface area contributed by atoms with Gasteiger partial charge in [0.1, 0.15) is 10.7 Å². The van der Waals surface area contributed by atoms with Crippen molar-refractivity contribution in [3.63, 3.8) is 0 Å². The van der Waals surface area contributed by atoms with Crippen molar-refractivity contribution in [2.24, 2.45) is 0 Å². The summed E-state index contributed by atoms with van der Waals surface area (Å²) in [6, 6.07) is 24.1. The highest BCUT2D eigenvalue weighted by molar-refractivity contribution is 6.29.